The first-order valence-corrected chi connectivity index (χ1v) is 6.71. The van der Waals surface area contributed by atoms with Crippen molar-refractivity contribution < 1.29 is 9.53 Å². The fraction of sp³-hybridized carbons (Fsp3) is 0.308. The number of aryl methyl sites for hydroxylation is 1. The number of rotatable bonds is 4. The summed E-state index contributed by atoms with van der Waals surface area (Å²) >= 11 is 1.36. The first kappa shape index (κ1) is 12.8. The van der Waals surface area contributed by atoms with Crippen LogP contribution in [0.5, 0.6) is 0 Å². The highest BCUT2D eigenvalue weighted by atomic mass is 32.2. The molecule has 5 heteroatoms. The lowest BCUT2D eigenvalue weighted by atomic mass is 10.3. The molecule has 0 saturated carbocycles. The molecule has 2 rings (SSSR count). The molecule has 0 unspecified atom stereocenters. The van der Waals surface area contributed by atoms with E-state index in [4.69, 9.17) is 4.74 Å². The van der Waals surface area contributed by atoms with Crippen LogP contribution in [0.4, 0.5) is 0 Å². The van der Waals surface area contributed by atoms with Gasteiger partial charge in [0.25, 0.3) is 0 Å². The molecule has 0 bridgehead atoms. The molecule has 4 nitrogen and oxygen atoms in total. The summed E-state index contributed by atoms with van der Waals surface area (Å²) in [6.45, 7) is 4.10. The van der Waals surface area contributed by atoms with Crippen LogP contribution >= 0.6 is 11.8 Å². The number of carbonyl (C=O) groups excluding carboxylic acids is 1. The lowest BCUT2D eigenvalue weighted by Gasteiger charge is -2.05. The number of fused-ring (bicyclic) bond motifs is 1. The van der Waals surface area contributed by atoms with Crippen molar-refractivity contribution in [2.24, 2.45) is 0 Å². The van der Waals surface area contributed by atoms with Gasteiger partial charge < -0.3 is 4.74 Å². The summed E-state index contributed by atoms with van der Waals surface area (Å²) in [5, 5.41) is 0.779. The Hall–Kier alpha value is -1.62. The third-order valence-electron chi connectivity index (χ3n) is 2.33. The molecule has 94 valence electrons. The van der Waals surface area contributed by atoms with Gasteiger partial charge in [0, 0.05) is 0 Å². The monoisotopic (exact) mass is 262 g/mol. The van der Waals surface area contributed by atoms with Gasteiger partial charge in [-0.1, -0.05) is 23.9 Å². The summed E-state index contributed by atoms with van der Waals surface area (Å²) < 4.78 is 4.88. The number of carbonyl (C=O) groups is 1. The van der Waals surface area contributed by atoms with E-state index in [1.54, 1.807) is 6.92 Å². The fourth-order valence-electron chi connectivity index (χ4n) is 1.54. The van der Waals surface area contributed by atoms with Gasteiger partial charge in [0.2, 0.25) is 0 Å². The molecule has 0 atom stereocenters. The van der Waals surface area contributed by atoms with E-state index in [0.29, 0.717) is 6.61 Å². The molecular formula is C13H14N2O2S. The minimum atomic E-state index is -0.225. The fourth-order valence-corrected chi connectivity index (χ4v) is 2.29. The zero-order valence-corrected chi connectivity index (χ0v) is 11.2. The zero-order valence-electron chi connectivity index (χ0n) is 10.3. The smallest absolute Gasteiger partial charge is 0.316 e. The Bertz CT molecular complexity index is 572. The van der Waals surface area contributed by atoms with Crippen molar-refractivity contribution in [3.05, 3.63) is 30.0 Å². The average molecular weight is 262 g/mol. The van der Waals surface area contributed by atoms with Gasteiger partial charge in [0.05, 0.1) is 29.1 Å². The Kier molecular flexibility index (Phi) is 4.15. The third-order valence-corrected chi connectivity index (χ3v) is 3.37. The number of hydrogen-bond donors (Lipinski definition) is 0. The van der Waals surface area contributed by atoms with Crippen LogP contribution in [0.15, 0.2) is 29.3 Å². The number of aromatic nitrogens is 2. The normalized spacial score (nSPS) is 10.6. The lowest BCUT2D eigenvalue weighted by molar-refractivity contribution is -0.139. The second kappa shape index (κ2) is 5.82. The molecule has 0 fully saturated rings. The second-order valence-corrected chi connectivity index (χ2v) is 4.66. The van der Waals surface area contributed by atoms with E-state index in [9.17, 15) is 4.79 Å². The van der Waals surface area contributed by atoms with Crippen molar-refractivity contribution in [3.63, 3.8) is 0 Å². The van der Waals surface area contributed by atoms with Gasteiger partial charge in [-0.3, -0.25) is 4.79 Å². The van der Waals surface area contributed by atoms with Crippen molar-refractivity contribution in [1.29, 1.82) is 0 Å². The molecule has 18 heavy (non-hydrogen) atoms. The minimum Gasteiger partial charge on any atom is -0.465 e. The molecular weight excluding hydrogens is 248 g/mol. The molecule has 0 aliphatic rings. The molecule has 0 saturated heterocycles. The highest BCUT2D eigenvalue weighted by Crippen LogP contribution is 2.21. The van der Waals surface area contributed by atoms with E-state index < -0.39 is 0 Å². The molecule has 0 spiro atoms. The first-order valence-electron chi connectivity index (χ1n) is 5.72. The highest BCUT2D eigenvalue weighted by Gasteiger charge is 2.09. The van der Waals surface area contributed by atoms with E-state index in [1.165, 1.54) is 11.8 Å². The Labute approximate surface area is 110 Å². The van der Waals surface area contributed by atoms with E-state index in [2.05, 4.69) is 9.97 Å². The van der Waals surface area contributed by atoms with Crippen LogP contribution in [0.3, 0.4) is 0 Å². The number of hydrogen-bond acceptors (Lipinski definition) is 5. The number of nitrogens with zero attached hydrogens (tertiary/aromatic N) is 2. The summed E-state index contributed by atoms with van der Waals surface area (Å²) in [7, 11) is 0. The van der Waals surface area contributed by atoms with Gasteiger partial charge in [-0.2, -0.15) is 0 Å². The quantitative estimate of drug-likeness (QED) is 0.626. The molecule has 2 aromatic rings. The van der Waals surface area contributed by atoms with E-state index in [0.717, 1.165) is 21.8 Å². The average Bonchev–Trinajstić information content (AvgIpc) is 2.36. The molecule has 0 N–H and O–H groups in total. The number of ether oxygens (including phenoxy) is 1. The van der Waals surface area contributed by atoms with Crippen LogP contribution in [0.1, 0.15) is 12.6 Å². The Morgan fingerprint density at radius 3 is 2.61 bits per heavy atom. The summed E-state index contributed by atoms with van der Waals surface area (Å²) in [4.78, 5) is 20.3. The van der Waals surface area contributed by atoms with Gasteiger partial charge in [0.15, 0.2) is 0 Å². The Morgan fingerprint density at radius 2 is 1.94 bits per heavy atom. The summed E-state index contributed by atoms with van der Waals surface area (Å²) in [5.74, 6) is 0.0404. The summed E-state index contributed by atoms with van der Waals surface area (Å²) in [6, 6.07) is 7.69. The zero-order chi connectivity index (χ0) is 13.0. The summed E-state index contributed by atoms with van der Waals surface area (Å²) in [6.07, 6.45) is 0. The van der Waals surface area contributed by atoms with E-state index in [1.807, 2.05) is 31.2 Å². The van der Waals surface area contributed by atoms with Gasteiger partial charge in [-0.15, -0.1) is 0 Å². The van der Waals surface area contributed by atoms with Gasteiger partial charge >= 0.3 is 5.97 Å². The highest BCUT2D eigenvalue weighted by molar-refractivity contribution is 7.99. The van der Waals surface area contributed by atoms with Crippen LogP contribution in [0.2, 0.25) is 0 Å². The molecule has 1 heterocycles. The predicted octanol–water partition coefficient (Wildman–Crippen LogP) is 2.59. The lowest BCUT2D eigenvalue weighted by Crippen LogP contribution is -2.07. The SMILES string of the molecule is CCOC(=O)CSc1nc2ccccc2nc1C. The molecule has 0 aliphatic carbocycles. The number of esters is 1. The van der Waals surface area contributed by atoms with Gasteiger partial charge in [0.1, 0.15) is 5.03 Å². The molecule has 0 aliphatic heterocycles. The van der Waals surface area contributed by atoms with Crippen LogP contribution in [0.25, 0.3) is 11.0 Å². The summed E-state index contributed by atoms with van der Waals surface area (Å²) in [5.41, 5.74) is 2.55. The number of benzene rings is 1. The van der Waals surface area contributed by atoms with Crippen LogP contribution in [-0.4, -0.2) is 28.3 Å². The Balaban J connectivity index is 2.17. The Morgan fingerprint density at radius 1 is 1.28 bits per heavy atom. The number of para-hydroxylation sites is 2. The van der Waals surface area contributed by atoms with E-state index in [-0.39, 0.29) is 11.7 Å². The third kappa shape index (κ3) is 2.98. The standard InChI is InChI=1S/C13H14N2O2S/c1-3-17-12(16)8-18-13-9(2)14-10-6-4-5-7-11(10)15-13/h4-7H,3,8H2,1-2H3. The number of thioether (sulfide) groups is 1. The van der Waals surface area contributed by atoms with Gasteiger partial charge in [-0.05, 0) is 26.0 Å². The maximum absolute atomic E-state index is 11.3. The second-order valence-electron chi connectivity index (χ2n) is 3.70. The first-order chi connectivity index (χ1) is 8.70. The van der Waals surface area contributed by atoms with Crippen molar-refractivity contribution in [2.75, 3.05) is 12.4 Å². The maximum atomic E-state index is 11.3. The topological polar surface area (TPSA) is 52.1 Å². The van der Waals surface area contributed by atoms with Crippen LogP contribution in [0, 0.1) is 6.92 Å². The van der Waals surface area contributed by atoms with Crippen molar-refractivity contribution in [1.82, 2.24) is 9.97 Å². The van der Waals surface area contributed by atoms with Crippen LogP contribution < -0.4 is 0 Å². The van der Waals surface area contributed by atoms with Crippen molar-refractivity contribution >= 4 is 28.8 Å². The van der Waals surface area contributed by atoms with Crippen LogP contribution in [-0.2, 0) is 9.53 Å². The van der Waals surface area contributed by atoms with E-state index >= 15 is 0 Å². The molecule has 1 aromatic heterocycles. The largest absolute Gasteiger partial charge is 0.465 e. The van der Waals surface area contributed by atoms with Crippen molar-refractivity contribution in [2.45, 2.75) is 18.9 Å². The minimum absolute atomic E-state index is 0.225. The molecule has 0 amide bonds. The molecule has 1 aromatic carbocycles. The van der Waals surface area contributed by atoms with Gasteiger partial charge in [-0.25, -0.2) is 9.97 Å². The maximum Gasteiger partial charge on any atom is 0.316 e. The predicted molar refractivity (Wildman–Crippen MR) is 71.6 cm³/mol. The van der Waals surface area contributed by atoms with Crippen molar-refractivity contribution in [3.8, 4) is 0 Å². The molecule has 0 radical (unpaired) electrons.